The van der Waals surface area contributed by atoms with E-state index in [2.05, 4.69) is 30.5 Å². The summed E-state index contributed by atoms with van der Waals surface area (Å²) < 4.78 is 11.4. The number of likely N-dealkylation sites (tertiary alicyclic amines) is 1. The van der Waals surface area contributed by atoms with Crippen LogP contribution in [0.2, 0.25) is 0 Å². The first-order chi connectivity index (χ1) is 12.6. The van der Waals surface area contributed by atoms with Crippen LogP contribution in [0.3, 0.4) is 0 Å². The Bertz CT molecular complexity index is 571. The lowest BCUT2D eigenvalue weighted by molar-refractivity contribution is 0.176. The molecule has 26 heavy (non-hydrogen) atoms. The molecule has 1 fully saturated rings. The minimum Gasteiger partial charge on any atom is -0.493 e. The zero-order valence-electron chi connectivity index (χ0n) is 16.5. The summed E-state index contributed by atoms with van der Waals surface area (Å²) in [4.78, 5) is 13.7. The van der Waals surface area contributed by atoms with Crippen molar-refractivity contribution in [3.05, 3.63) is 23.8 Å². The van der Waals surface area contributed by atoms with E-state index in [0.29, 0.717) is 12.6 Å². The van der Waals surface area contributed by atoms with E-state index < -0.39 is 0 Å². The van der Waals surface area contributed by atoms with Crippen LogP contribution in [0.25, 0.3) is 0 Å². The van der Waals surface area contributed by atoms with Crippen LogP contribution in [-0.2, 0) is 6.54 Å². The van der Waals surface area contributed by atoms with Crippen LogP contribution in [0, 0.1) is 0 Å². The van der Waals surface area contributed by atoms with Crippen LogP contribution in [0.15, 0.2) is 18.2 Å². The molecule has 2 rings (SSSR count). The second kappa shape index (κ2) is 10.3. The van der Waals surface area contributed by atoms with E-state index in [1.54, 1.807) is 7.11 Å². The summed E-state index contributed by atoms with van der Waals surface area (Å²) in [6.07, 6.45) is 3.08. The van der Waals surface area contributed by atoms with Crippen LogP contribution in [0.5, 0.6) is 11.5 Å². The number of rotatable bonds is 8. The predicted octanol–water partition coefficient (Wildman–Crippen LogP) is 3.16. The molecule has 1 unspecified atom stereocenters. The molecule has 2 amide bonds. The van der Waals surface area contributed by atoms with E-state index in [1.165, 1.54) is 5.56 Å². The summed E-state index contributed by atoms with van der Waals surface area (Å²) >= 11 is 0. The fraction of sp³-hybridized carbons (Fsp3) is 0.650. The maximum Gasteiger partial charge on any atom is 0.317 e. The van der Waals surface area contributed by atoms with Gasteiger partial charge in [0.05, 0.1) is 13.2 Å². The van der Waals surface area contributed by atoms with E-state index in [9.17, 15) is 4.79 Å². The molecule has 6 heteroatoms. The fourth-order valence-electron chi connectivity index (χ4n) is 3.03. The van der Waals surface area contributed by atoms with E-state index in [0.717, 1.165) is 50.4 Å². The minimum atomic E-state index is 0.0487. The van der Waals surface area contributed by atoms with Gasteiger partial charge in [0.15, 0.2) is 11.5 Å². The van der Waals surface area contributed by atoms with Gasteiger partial charge in [-0.25, -0.2) is 4.79 Å². The number of ether oxygens (including phenoxy) is 2. The van der Waals surface area contributed by atoms with Gasteiger partial charge in [0.1, 0.15) is 0 Å². The molecular weight excluding hydrogens is 330 g/mol. The molecule has 1 atom stereocenters. The number of carbonyl (C=O) groups is 1. The number of urea groups is 1. The molecule has 1 aliphatic heterocycles. The molecular formula is C20H33N3O3. The molecule has 1 aromatic carbocycles. The van der Waals surface area contributed by atoms with Crippen LogP contribution >= 0.6 is 0 Å². The summed E-state index contributed by atoms with van der Waals surface area (Å²) in [5.41, 5.74) is 1.17. The number of nitrogens with zero attached hydrogens (tertiary/aromatic N) is 1. The minimum absolute atomic E-state index is 0.0487. The summed E-state index contributed by atoms with van der Waals surface area (Å²) in [7, 11) is 1.67. The van der Waals surface area contributed by atoms with Crippen molar-refractivity contribution in [2.24, 2.45) is 0 Å². The molecule has 1 saturated heterocycles. The van der Waals surface area contributed by atoms with Crippen molar-refractivity contribution in [3.63, 3.8) is 0 Å². The Hall–Kier alpha value is -1.95. The van der Waals surface area contributed by atoms with Crippen molar-refractivity contribution >= 4 is 6.03 Å². The number of nitrogens with one attached hydrogen (secondary N) is 2. The van der Waals surface area contributed by atoms with Crippen molar-refractivity contribution in [1.29, 1.82) is 0 Å². The Morgan fingerprint density at radius 2 is 2.00 bits per heavy atom. The molecule has 0 aliphatic carbocycles. The third-order valence-corrected chi connectivity index (χ3v) is 4.84. The van der Waals surface area contributed by atoms with Crippen LogP contribution in [0.1, 0.15) is 45.6 Å². The van der Waals surface area contributed by atoms with E-state index >= 15 is 0 Å². The van der Waals surface area contributed by atoms with Crippen molar-refractivity contribution in [1.82, 2.24) is 15.5 Å². The van der Waals surface area contributed by atoms with Crippen LogP contribution < -0.4 is 20.1 Å². The number of methoxy groups -OCH3 is 1. The highest BCUT2D eigenvalue weighted by Crippen LogP contribution is 2.29. The number of amides is 2. The second-order valence-corrected chi connectivity index (χ2v) is 6.80. The summed E-state index contributed by atoms with van der Waals surface area (Å²) in [5.74, 6) is 1.57. The predicted molar refractivity (Wildman–Crippen MR) is 104 cm³/mol. The maximum atomic E-state index is 11.9. The molecule has 0 bridgehead atoms. The van der Waals surface area contributed by atoms with Gasteiger partial charge < -0.3 is 25.0 Å². The number of carbonyl (C=O) groups excluding carboxylic acids is 1. The van der Waals surface area contributed by atoms with Gasteiger partial charge in [-0.3, -0.25) is 0 Å². The standard InChI is InChI=1S/C20H33N3O3/c1-5-15(3)26-18-8-7-16(13-19(18)25-4)14-22-17-9-11-23(12-10-17)20(24)21-6-2/h7-8,13,15,17,22H,5-6,9-12,14H2,1-4H3,(H,21,24). The lowest BCUT2D eigenvalue weighted by Gasteiger charge is -2.32. The number of benzene rings is 1. The maximum absolute atomic E-state index is 11.9. The summed E-state index contributed by atoms with van der Waals surface area (Å²) in [6, 6.07) is 6.58. The molecule has 1 aromatic rings. The van der Waals surface area contributed by atoms with Crippen molar-refractivity contribution in [2.75, 3.05) is 26.7 Å². The summed E-state index contributed by atoms with van der Waals surface area (Å²) in [6.45, 7) is 9.17. The van der Waals surface area contributed by atoms with Crippen molar-refractivity contribution in [2.45, 2.75) is 58.7 Å². The lowest BCUT2D eigenvalue weighted by Crippen LogP contribution is -2.48. The third kappa shape index (κ3) is 5.80. The fourth-order valence-corrected chi connectivity index (χ4v) is 3.03. The largest absolute Gasteiger partial charge is 0.493 e. The van der Waals surface area contributed by atoms with Gasteiger partial charge in [-0.05, 0) is 50.8 Å². The highest BCUT2D eigenvalue weighted by atomic mass is 16.5. The monoisotopic (exact) mass is 363 g/mol. The van der Waals surface area contributed by atoms with Gasteiger partial charge in [0.25, 0.3) is 0 Å². The van der Waals surface area contributed by atoms with Crippen molar-refractivity contribution < 1.29 is 14.3 Å². The van der Waals surface area contributed by atoms with Gasteiger partial charge in [-0.1, -0.05) is 13.0 Å². The highest BCUT2D eigenvalue weighted by molar-refractivity contribution is 5.74. The molecule has 6 nitrogen and oxygen atoms in total. The Labute approximate surface area is 157 Å². The smallest absolute Gasteiger partial charge is 0.317 e. The quantitative estimate of drug-likeness (QED) is 0.745. The van der Waals surface area contributed by atoms with Gasteiger partial charge in [0, 0.05) is 32.2 Å². The lowest BCUT2D eigenvalue weighted by atomic mass is 10.0. The zero-order chi connectivity index (χ0) is 18.9. The average Bonchev–Trinajstić information content (AvgIpc) is 2.67. The summed E-state index contributed by atoms with van der Waals surface area (Å²) in [5, 5.41) is 6.46. The SMILES string of the molecule is CCNC(=O)N1CCC(NCc2ccc(OC(C)CC)c(OC)c2)CC1. The first-order valence-corrected chi connectivity index (χ1v) is 9.67. The van der Waals surface area contributed by atoms with E-state index in [1.807, 2.05) is 24.0 Å². The molecule has 2 N–H and O–H groups in total. The molecule has 1 aliphatic rings. The van der Waals surface area contributed by atoms with Gasteiger partial charge in [-0.15, -0.1) is 0 Å². The normalized spacial score (nSPS) is 16.2. The van der Waals surface area contributed by atoms with Crippen LogP contribution in [0.4, 0.5) is 4.79 Å². The Morgan fingerprint density at radius 1 is 1.27 bits per heavy atom. The first-order valence-electron chi connectivity index (χ1n) is 9.67. The Morgan fingerprint density at radius 3 is 2.62 bits per heavy atom. The molecule has 1 heterocycles. The van der Waals surface area contributed by atoms with Gasteiger partial charge >= 0.3 is 6.03 Å². The van der Waals surface area contributed by atoms with Crippen LogP contribution in [-0.4, -0.2) is 49.8 Å². The molecule has 0 spiro atoms. The molecule has 0 aromatic heterocycles. The van der Waals surface area contributed by atoms with Crippen molar-refractivity contribution in [3.8, 4) is 11.5 Å². The number of hydrogen-bond acceptors (Lipinski definition) is 4. The first kappa shape index (κ1) is 20.4. The topological polar surface area (TPSA) is 62.8 Å². The Balaban J connectivity index is 1.83. The van der Waals surface area contributed by atoms with Gasteiger partial charge in [-0.2, -0.15) is 0 Å². The highest BCUT2D eigenvalue weighted by Gasteiger charge is 2.22. The third-order valence-electron chi connectivity index (χ3n) is 4.84. The Kier molecular flexibility index (Phi) is 8.04. The second-order valence-electron chi connectivity index (χ2n) is 6.80. The zero-order valence-corrected chi connectivity index (χ0v) is 16.5. The molecule has 0 radical (unpaired) electrons. The molecule has 146 valence electrons. The number of piperidine rings is 1. The van der Waals surface area contributed by atoms with Gasteiger partial charge in [0.2, 0.25) is 0 Å². The number of hydrogen-bond donors (Lipinski definition) is 2. The van der Waals surface area contributed by atoms with E-state index in [-0.39, 0.29) is 12.1 Å². The average molecular weight is 364 g/mol. The molecule has 0 saturated carbocycles. The van der Waals surface area contributed by atoms with E-state index in [4.69, 9.17) is 9.47 Å².